The van der Waals surface area contributed by atoms with Gasteiger partial charge in [0.2, 0.25) is 0 Å². The Morgan fingerprint density at radius 2 is 2.15 bits per heavy atom. The van der Waals surface area contributed by atoms with Crippen molar-refractivity contribution in [1.82, 2.24) is 0 Å². The Morgan fingerprint density at radius 1 is 1.38 bits per heavy atom. The van der Waals surface area contributed by atoms with Gasteiger partial charge in [0.25, 0.3) is 0 Å². The van der Waals surface area contributed by atoms with E-state index in [2.05, 4.69) is 20.8 Å². The second-order valence-corrected chi connectivity index (χ2v) is 6.23. The molecule has 1 heterocycles. The number of hydrogen-bond acceptors (Lipinski definition) is 2. The first-order valence-corrected chi connectivity index (χ1v) is 6.28. The molecule has 0 N–H and O–H groups in total. The number of fused-ring (bicyclic) bond motifs is 1. The minimum atomic E-state index is 0.513. The molecule has 0 aromatic carbocycles. The topological polar surface area (TPSA) is 9.23 Å². The van der Waals surface area contributed by atoms with Crippen LogP contribution in [0.25, 0.3) is 0 Å². The predicted octanol–water partition coefficient (Wildman–Crippen LogP) is 3.50. The Morgan fingerprint density at radius 3 is 2.92 bits per heavy atom. The van der Waals surface area contributed by atoms with E-state index in [1.807, 2.05) is 0 Å². The average Bonchev–Trinajstić information content (AvgIpc) is 2.02. The van der Waals surface area contributed by atoms with Crippen molar-refractivity contribution in [3.05, 3.63) is 0 Å². The fourth-order valence-corrected chi connectivity index (χ4v) is 3.58. The van der Waals surface area contributed by atoms with Crippen molar-refractivity contribution in [3.63, 3.8) is 0 Å². The summed E-state index contributed by atoms with van der Waals surface area (Å²) in [6, 6.07) is 0. The molecule has 1 saturated carbocycles. The zero-order valence-electron chi connectivity index (χ0n) is 8.88. The lowest BCUT2D eigenvalue weighted by Gasteiger charge is -2.44. The first-order valence-electron chi connectivity index (χ1n) is 5.37. The largest absolute Gasteiger partial charge is 0.312 e. The summed E-state index contributed by atoms with van der Waals surface area (Å²) < 4.78 is 5.80. The van der Waals surface area contributed by atoms with Crippen LogP contribution in [0.4, 0.5) is 0 Å². The molecule has 3 atom stereocenters. The third-order valence-electron chi connectivity index (χ3n) is 3.64. The van der Waals surface area contributed by atoms with E-state index in [9.17, 15) is 0 Å². The summed E-state index contributed by atoms with van der Waals surface area (Å²) in [5.74, 6) is 2.90. The SMILES string of the molecule is CC1CSOC2CC(C)(C)CCC12. The zero-order chi connectivity index (χ0) is 9.47. The van der Waals surface area contributed by atoms with Crippen LogP contribution in [0.15, 0.2) is 0 Å². The first-order chi connectivity index (χ1) is 6.08. The Balaban J connectivity index is 2.04. The number of rotatable bonds is 0. The fourth-order valence-electron chi connectivity index (χ4n) is 2.66. The molecule has 1 saturated heterocycles. The highest BCUT2D eigenvalue weighted by Crippen LogP contribution is 2.46. The van der Waals surface area contributed by atoms with Crippen LogP contribution in [-0.4, -0.2) is 11.9 Å². The van der Waals surface area contributed by atoms with Crippen molar-refractivity contribution in [2.24, 2.45) is 17.3 Å². The van der Waals surface area contributed by atoms with Gasteiger partial charge in [-0.2, -0.15) is 0 Å². The normalized spacial score (nSPS) is 44.1. The maximum atomic E-state index is 5.80. The van der Waals surface area contributed by atoms with E-state index in [1.54, 1.807) is 12.0 Å². The highest BCUT2D eigenvalue weighted by atomic mass is 32.2. The van der Waals surface area contributed by atoms with Crippen molar-refractivity contribution >= 4 is 12.0 Å². The molecule has 0 aromatic heterocycles. The lowest BCUT2D eigenvalue weighted by molar-refractivity contribution is 0.0165. The van der Waals surface area contributed by atoms with Crippen LogP contribution >= 0.6 is 12.0 Å². The minimum absolute atomic E-state index is 0.513. The van der Waals surface area contributed by atoms with Crippen LogP contribution in [0.2, 0.25) is 0 Å². The average molecular weight is 200 g/mol. The number of hydrogen-bond donors (Lipinski definition) is 0. The van der Waals surface area contributed by atoms with Crippen molar-refractivity contribution < 1.29 is 4.18 Å². The van der Waals surface area contributed by atoms with Crippen molar-refractivity contribution in [2.45, 2.75) is 46.1 Å². The van der Waals surface area contributed by atoms with Crippen LogP contribution in [0.3, 0.4) is 0 Å². The third-order valence-corrected chi connectivity index (χ3v) is 4.68. The van der Waals surface area contributed by atoms with Gasteiger partial charge in [0, 0.05) is 5.75 Å². The van der Waals surface area contributed by atoms with Crippen molar-refractivity contribution in [2.75, 3.05) is 5.75 Å². The molecule has 0 aromatic rings. The maximum absolute atomic E-state index is 5.80. The molecule has 76 valence electrons. The molecule has 13 heavy (non-hydrogen) atoms. The van der Waals surface area contributed by atoms with Gasteiger partial charge in [-0.3, -0.25) is 0 Å². The van der Waals surface area contributed by atoms with Crippen molar-refractivity contribution in [1.29, 1.82) is 0 Å². The van der Waals surface area contributed by atoms with Gasteiger partial charge < -0.3 is 4.18 Å². The summed E-state index contributed by atoms with van der Waals surface area (Å²) in [5, 5.41) is 0. The Bertz CT molecular complexity index is 191. The summed E-state index contributed by atoms with van der Waals surface area (Å²) in [6.45, 7) is 7.12. The van der Waals surface area contributed by atoms with Crippen LogP contribution in [-0.2, 0) is 4.18 Å². The molecule has 2 rings (SSSR count). The zero-order valence-corrected chi connectivity index (χ0v) is 9.69. The molecule has 2 heteroatoms. The lowest BCUT2D eigenvalue weighted by atomic mass is 9.68. The highest BCUT2D eigenvalue weighted by molar-refractivity contribution is 7.94. The molecule has 2 fully saturated rings. The second kappa shape index (κ2) is 3.47. The quantitative estimate of drug-likeness (QED) is 0.554. The van der Waals surface area contributed by atoms with Crippen LogP contribution in [0, 0.1) is 17.3 Å². The summed E-state index contributed by atoms with van der Waals surface area (Å²) in [7, 11) is 0. The minimum Gasteiger partial charge on any atom is -0.312 e. The molecule has 1 aliphatic carbocycles. The monoisotopic (exact) mass is 200 g/mol. The van der Waals surface area contributed by atoms with E-state index >= 15 is 0 Å². The molecular formula is C11H20OS. The fraction of sp³-hybridized carbons (Fsp3) is 1.00. The molecule has 1 nitrogen and oxygen atoms in total. The van der Waals surface area contributed by atoms with Gasteiger partial charge in [-0.25, -0.2) is 0 Å². The van der Waals surface area contributed by atoms with E-state index < -0.39 is 0 Å². The second-order valence-electron chi connectivity index (χ2n) is 5.47. The van der Waals surface area contributed by atoms with Gasteiger partial charge in [-0.1, -0.05) is 20.8 Å². The van der Waals surface area contributed by atoms with Crippen LogP contribution < -0.4 is 0 Å². The predicted molar refractivity (Wildman–Crippen MR) is 57.6 cm³/mol. The van der Waals surface area contributed by atoms with E-state index in [0.29, 0.717) is 11.5 Å². The van der Waals surface area contributed by atoms with Gasteiger partial charge in [-0.05, 0) is 48.6 Å². The Hall–Kier alpha value is 0.310. The van der Waals surface area contributed by atoms with E-state index in [4.69, 9.17) is 4.18 Å². The summed E-state index contributed by atoms with van der Waals surface area (Å²) in [6.07, 6.45) is 4.55. The van der Waals surface area contributed by atoms with Gasteiger partial charge >= 0.3 is 0 Å². The highest BCUT2D eigenvalue weighted by Gasteiger charge is 2.40. The van der Waals surface area contributed by atoms with Gasteiger partial charge in [0.05, 0.1) is 6.10 Å². The Labute approximate surface area is 85.8 Å². The molecular weight excluding hydrogens is 180 g/mol. The molecule has 3 unspecified atom stereocenters. The van der Waals surface area contributed by atoms with E-state index in [1.165, 1.54) is 25.0 Å². The van der Waals surface area contributed by atoms with Gasteiger partial charge in [0.1, 0.15) is 0 Å². The molecule has 2 aliphatic rings. The molecule has 1 aliphatic heterocycles. The first kappa shape index (κ1) is 9.85. The van der Waals surface area contributed by atoms with Crippen LogP contribution in [0.5, 0.6) is 0 Å². The smallest absolute Gasteiger partial charge is 0.0758 e. The maximum Gasteiger partial charge on any atom is 0.0758 e. The van der Waals surface area contributed by atoms with Gasteiger partial charge in [-0.15, -0.1) is 0 Å². The summed E-state index contributed by atoms with van der Waals surface area (Å²) in [4.78, 5) is 0. The standard InChI is InChI=1S/C11H20OS/c1-8-7-13-12-10-6-11(2,3)5-4-9(8)10/h8-10H,4-7H2,1-3H3. The molecule has 0 amide bonds. The summed E-state index contributed by atoms with van der Waals surface area (Å²) >= 11 is 1.69. The van der Waals surface area contributed by atoms with Gasteiger partial charge in [0.15, 0.2) is 0 Å². The lowest BCUT2D eigenvalue weighted by Crippen LogP contribution is -2.41. The van der Waals surface area contributed by atoms with Crippen molar-refractivity contribution in [3.8, 4) is 0 Å². The van der Waals surface area contributed by atoms with E-state index in [-0.39, 0.29) is 0 Å². The van der Waals surface area contributed by atoms with E-state index in [0.717, 1.165) is 11.8 Å². The summed E-state index contributed by atoms with van der Waals surface area (Å²) in [5.41, 5.74) is 0.513. The Kier molecular flexibility index (Phi) is 2.63. The molecule has 0 spiro atoms. The molecule has 0 bridgehead atoms. The molecule has 0 radical (unpaired) electrons. The van der Waals surface area contributed by atoms with Crippen LogP contribution in [0.1, 0.15) is 40.0 Å². The third kappa shape index (κ3) is 2.04.